The van der Waals surface area contributed by atoms with Gasteiger partial charge in [0.1, 0.15) is 0 Å². The number of amides is 1. The molecule has 66 valence electrons. The van der Waals surface area contributed by atoms with E-state index in [4.69, 9.17) is 0 Å². The standard InChI is InChI=1S/C9H9NO2Si/c1-2-9(11)10-13(12)8-6-4-3-5-7-8/h2-7H,1H2,(H,10,11). The summed E-state index contributed by atoms with van der Waals surface area (Å²) in [6.45, 7) is 3.27. The van der Waals surface area contributed by atoms with E-state index in [2.05, 4.69) is 11.6 Å². The molecule has 0 aliphatic carbocycles. The highest BCUT2D eigenvalue weighted by Crippen LogP contribution is 1.81. The molecule has 1 amide bonds. The molecular formula is C9H9NO2Si. The molecule has 4 heteroatoms. The van der Waals surface area contributed by atoms with Gasteiger partial charge in [0, 0.05) is 5.19 Å². The number of benzene rings is 1. The number of rotatable bonds is 3. The fraction of sp³-hybridized carbons (Fsp3) is 0. The van der Waals surface area contributed by atoms with Crippen LogP contribution in [-0.4, -0.2) is 14.8 Å². The van der Waals surface area contributed by atoms with Gasteiger partial charge in [-0.05, 0) is 6.08 Å². The smallest absolute Gasteiger partial charge is 0.353 e. The zero-order valence-corrected chi connectivity index (χ0v) is 7.99. The van der Waals surface area contributed by atoms with E-state index in [0.717, 1.165) is 6.08 Å². The van der Waals surface area contributed by atoms with Crippen molar-refractivity contribution < 1.29 is 9.26 Å². The molecule has 0 spiro atoms. The van der Waals surface area contributed by atoms with Crippen LogP contribution in [0.15, 0.2) is 43.0 Å². The maximum Gasteiger partial charge on any atom is 0.435 e. The van der Waals surface area contributed by atoms with E-state index in [-0.39, 0.29) is 0 Å². The molecule has 0 aliphatic heterocycles. The van der Waals surface area contributed by atoms with Gasteiger partial charge in [-0.15, -0.1) is 0 Å². The Labute approximate surface area is 77.8 Å². The highest BCUT2D eigenvalue weighted by Gasteiger charge is 2.09. The lowest BCUT2D eigenvalue weighted by atomic mass is 10.4. The third-order valence-corrected chi connectivity index (χ3v) is 2.79. The lowest BCUT2D eigenvalue weighted by Crippen LogP contribution is -2.39. The minimum atomic E-state index is -2.20. The van der Waals surface area contributed by atoms with E-state index in [1.807, 2.05) is 6.07 Å². The summed E-state index contributed by atoms with van der Waals surface area (Å²) in [5.74, 6) is -0.409. The molecule has 0 unspecified atom stereocenters. The molecule has 1 N–H and O–H groups in total. The Balaban J connectivity index is 2.70. The molecule has 0 aliphatic rings. The van der Waals surface area contributed by atoms with E-state index in [1.54, 1.807) is 24.3 Å². The number of carbonyl (C=O) groups is 1. The van der Waals surface area contributed by atoms with Crippen molar-refractivity contribution in [1.82, 2.24) is 4.98 Å². The van der Waals surface area contributed by atoms with Gasteiger partial charge in [0.05, 0.1) is 0 Å². The molecule has 0 saturated carbocycles. The fourth-order valence-electron chi connectivity index (χ4n) is 0.825. The first kappa shape index (κ1) is 9.53. The van der Waals surface area contributed by atoms with E-state index >= 15 is 0 Å². The van der Waals surface area contributed by atoms with Gasteiger partial charge in [-0.2, -0.15) is 0 Å². The zero-order chi connectivity index (χ0) is 9.68. The van der Waals surface area contributed by atoms with E-state index in [1.165, 1.54) is 0 Å². The SMILES string of the molecule is C=CC(=O)N[Si](=O)c1ccccc1. The molecule has 1 rings (SSSR count). The third-order valence-electron chi connectivity index (χ3n) is 1.46. The Morgan fingerprint density at radius 2 is 2.00 bits per heavy atom. The Morgan fingerprint density at radius 1 is 1.38 bits per heavy atom. The lowest BCUT2D eigenvalue weighted by molar-refractivity contribution is -0.115. The number of nitrogens with one attached hydrogen (secondary N) is 1. The monoisotopic (exact) mass is 191 g/mol. The van der Waals surface area contributed by atoms with Crippen molar-refractivity contribution in [2.75, 3.05) is 0 Å². The molecular weight excluding hydrogens is 182 g/mol. The van der Waals surface area contributed by atoms with E-state index in [9.17, 15) is 9.26 Å². The maximum absolute atomic E-state index is 11.4. The molecule has 0 saturated heterocycles. The van der Waals surface area contributed by atoms with Gasteiger partial charge in [0.2, 0.25) is 5.91 Å². The van der Waals surface area contributed by atoms with Gasteiger partial charge >= 0.3 is 8.84 Å². The van der Waals surface area contributed by atoms with Gasteiger partial charge in [-0.1, -0.05) is 36.9 Å². The lowest BCUT2D eigenvalue weighted by Gasteiger charge is -1.97. The summed E-state index contributed by atoms with van der Waals surface area (Å²) in [5.41, 5.74) is 0. The molecule has 13 heavy (non-hydrogen) atoms. The van der Waals surface area contributed by atoms with Crippen LogP contribution in [0.2, 0.25) is 0 Å². The first-order valence-electron chi connectivity index (χ1n) is 3.77. The predicted molar refractivity (Wildman–Crippen MR) is 50.9 cm³/mol. The molecule has 0 bridgehead atoms. The normalized spacial score (nSPS) is 8.92. The van der Waals surface area contributed by atoms with Crippen molar-refractivity contribution >= 4 is 19.9 Å². The van der Waals surface area contributed by atoms with Crippen LogP contribution in [0.1, 0.15) is 0 Å². The summed E-state index contributed by atoms with van der Waals surface area (Å²) in [7, 11) is -2.20. The summed E-state index contributed by atoms with van der Waals surface area (Å²) < 4.78 is 11.4. The Kier molecular flexibility index (Phi) is 3.28. The first-order chi connectivity index (χ1) is 6.24. The number of carbonyl (C=O) groups excluding carboxylic acids is 1. The van der Waals surface area contributed by atoms with Crippen LogP contribution < -0.4 is 10.2 Å². The number of hydrogen-bond acceptors (Lipinski definition) is 2. The van der Waals surface area contributed by atoms with Crippen LogP contribution >= 0.6 is 0 Å². The first-order valence-corrected chi connectivity index (χ1v) is 5.17. The van der Waals surface area contributed by atoms with Crippen molar-refractivity contribution in [2.45, 2.75) is 0 Å². The van der Waals surface area contributed by atoms with E-state index in [0.29, 0.717) is 5.19 Å². The maximum atomic E-state index is 11.4. The molecule has 0 heterocycles. The van der Waals surface area contributed by atoms with Crippen LogP contribution in [0.4, 0.5) is 0 Å². The highest BCUT2D eigenvalue weighted by atomic mass is 28.3. The second-order valence-electron chi connectivity index (χ2n) is 2.39. The Morgan fingerprint density at radius 3 is 2.54 bits per heavy atom. The zero-order valence-electron chi connectivity index (χ0n) is 6.99. The average molecular weight is 191 g/mol. The molecule has 1 aromatic carbocycles. The minimum absolute atomic E-state index is 0.409. The Bertz CT molecular complexity index is 335. The second kappa shape index (κ2) is 4.47. The summed E-state index contributed by atoms with van der Waals surface area (Å²) in [4.78, 5) is 13.1. The van der Waals surface area contributed by atoms with Crippen LogP contribution in [0.5, 0.6) is 0 Å². The third kappa shape index (κ3) is 2.76. The predicted octanol–water partition coefficient (Wildman–Crippen LogP) is 0.114. The molecule has 0 atom stereocenters. The summed E-state index contributed by atoms with van der Waals surface area (Å²) in [6, 6.07) is 8.80. The molecule has 1 aromatic rings. The quantitative estimate of drug-likeness (QED) is 0.544. The average Bonchev–Trinajstić information content (AvgIpc) is 2.19. The highest BCUT2D eigenvalue weighted by molar-refractivity contribution is 6.60. The summed E-state index contributed by atoms with van der Waals surface area (Å²) in [5, 5.41) is 0.641. The topological polar surface area (TPSA) is 46.2 Å². The van der Waals surface area contributed by atoms with Crippen molar-refractivity contribution in [3.8, 4) is 0 Å². The van der Waals surface area contributed by atoms with Crippen LogP contribution in [0.25, 0.3) is 0 Å². The number of hydrogen-bond donors (Lipinski definition) is 1. The van der Waals surface area contributed by atoms with Crippen molar-refractivity contribution in [3.63, 3.8) is 0 Å². The molecule has 3 nitrogen and oxygen atoms in total. The van der Waals surface area contributed by atoms with Crippen molar-refractivity contribution in [1.29, 1.82) is 0 Å². The summed E-state index contributed by atoms with van der Waals surface area (Å²) in [6.07, 6.45) is 1.10. The van der Waals surface area contributed by atoms with E-state index < -0.39 is 14.8 Å². The van der Waals surface area contributed by atoms with Gasteiger partial charge in [-0.3, -0.25) is 4.79 Å². The molecule has 0 fully saturated rings. The summed E-state index contributed by atoms with van der Waals surface area (Å²) >= 11 is 0. The molecule has 0 aromatic heterocycles. The van der Waals surface area contributed by atoms with Gasteiger partial charge in [-0.25, -0.2) is 0 Å². The minimum Gasteiger partial charge on any atom is -0.353 e. The van der Waals surface area contributed by atoms with Crippen molar-refractivity contribution in [2.24, 2.45) is 0 Å². The van der Waals surface area contributed by atoms with Crippen LogP contribution in [-0.2, 0) is 9.26 Å². The largest absolute Gasteiger partial charge is 0.435 e. The van der Waals surface area contributed by atoms with Gasteiger partial charge < -0.3 is 9.44 Å². The van der Waals surface area contributed by atoms with Crippen molar-refractivity contribution in [3.05, 3.63) is 43.0 Å². The van der Waals surface area contributed by atoms with Gasteiger partial charge in [0.25, 0.3) is 0 Å². The molecule has 0 radical (unpaired) electrons. The fourth-order valence-corrected chi connectivity index (χ4v) is 1.79. The van der Waals surface area contributed by atoms with Crippen LogP contribution in [0, 0.1) is 0 Å². The second-order valence-corrected chi connectivity index (χ2v) is 3.87. The van der Waals surface area contributed by atoms with Crippen LogP contribution in [0.3, 0.4) is 0 Å². The Hall–Kier alpha value is -1.55. The van der Waals surface area contributed by atoms with Gasteiger partial charge in [0.15, 0.2) is 0 Å².